The third-order valence-electron chi connectivity index (χ3n) is 2.69. The highest BCUT2D eigenvalue weighted by atomic mass is 16.6. The minimum Gasteiger partial charge on any atom is -0.460 e. The number of nitrogens with zero attached hydrogens (tertiary/aromatic N) is 1. The van der Waals surface area contributed by atoms with Gasteiger partial charge < -0.3 is 9.64 Å². The van der Waals surface area contributed by atoms with Crippen LogP contribution in [0.15, 0.2) is 0 Å². The Balaban J connectivity index is 2.11. The Labute approximate surface area is 103 Å². The maximum Gasteiger partial charge on any atom is 0.306 e. The first kappa shape index (κ1) is 14.2. The number of esters is 1. The van der Waals surface area contributed by atoms with Crippen molar-refractivity contribution in [1.29, 1.82) is 0 Å². The van der Waals surface area contributed by atoms with E-state index in [0.29, 0.717) is 25.0 Å². The van der Waals surface area contributed by atoms with Crippen LogP contribution in [0.4, 0.5) is 0 Å². The lowest BCUT2D eigenvalue weighted by Gasteiger charge is -2.25. The Morgan fingerprint density at radius 2 is 1.88 bits per heavy atom. The summed E-state index contributed by atoms with van der Waals surface area (Å²) in [6, 6.07) is 0. The molecule has 0 saturated carbocycles. The normalized spacial score (nSPS) is 18.2. The number of hydrogen-bond donors (Lipinski definition) is 0. The van der Waals surface area contributed by atoms with Crippen molar-refractivity contribution in [3.63, 3.8) is 0 Å². The van der Waals surface area contributed by atoms with Gasteiger partial charge in [0.15, 0.2) is 0 Å². The zero-order valence-corrected chi connectivity index (χ0v) is 11.1. The molecule has 98 valence electrons. The number of Topliss-reactive ketones (excluding diaryl/α,β-unsaturated/α-hetero) is 1. The molecule has 17 heavy (non-hydrogen) atoms. The molecule has 4 heteroatoms. The van der Waals surface area contributed by atoms with Gasteiger partial charge in [0.2, 0.25) is 0 Å². The average Bonchev–Trinajstić information content (AvgIpc) is 2.18. The fraction of sp³-hybridized carbons (Fsp3) is 0.846. The van der Waals surface area contributed by atoms with Crippen LogP contribution in [0.1, 0.15) is 46.5 Å². The van der Waals surface area contributed by atoms with Crippen LogP contribution in [0.5, 0.6) is 0 Å². The van der Waals surface area contributed by atoms with Crippen LogP contribution < -0.4 is 0 Å². The lowest BCUT2D eigenvalue weighted by Crippen LogP contribution is -2.34. The highest BCUT2D eigenvalue weighted by molar-refractivity contribution is 5.79. The first-order chi connectivity index (χ1) is 7.87. The predicted octanol–water partition coefficient (Wildman–Crippen LogP) is 1.77. The van der Waals surface area contributed by atoms with E-state index in [1.54, 1.807) is 0 Å². The van der Waals surface area contributed by atoms with E-state index < -0.39 is 5.60 Å². The number of carbonyl (C=O) groups excluding carboxylic acids is 2. The summed E-state index contributed by atoms with van der Waals surface area (Å²) in [5.74, 6) is 0.221. The Kier molecular flexibility index (Phi) is 5.12. The predicted molar refractivity (Wildman–Crippen MR) is 65.8 cm³/mol. The van der Waals surface area contributed by atoms with Crippen LogP contribution in [0.3, 0.4) is 0 Å². The standard InChI is InChI=1S/C13H23NO3/c1-13(2,3)17-12(16)5-4-8-14-9-6-11(15)7-10-14/h4-10H2,1-3H3. The van der Waals surface area contributed by atoms with E-state index in [9.17, 15) is 9.59 Å². The van der Waals surface area contributed by atoms with Crippen LogP contribution in [0.25, 0.3) is 0 Å². The molecule has 1 aliphatic rings. The lowest BCUT2D eigenvalue weighted by molar-refractivity contribution is -0.155. The highest BCUT2D eigenvalue weighted by Gasteiger charge is 2.18. The SMILES string of the molecule is CC(C)(C)OC(=O)CCCN1CCC(=O)CC1. The van der Waals surface area contributed by atoms with E-state index >= 15 is 0 Å². The molecule has 0 N–H and O–H groups in total. The molecule has 0 aromatic heterocycles. The van der Waals surface area contributed by atoms with Crippen molar-refractivity contribution < 1.29 is 14.3 Å². The van der Waals surface area contributed by atoms with Gasteiger partial charge in [-0.25, -0.2) is 0 Å². The molecule has 1 heterocycles. The first-order valence-electron chi connectivity index (χ1n) is 6.33. The topological polar surface area (TPSA) is 46.6 Å². The second-order valence-electron chi connectivity index (χ2n) is 5.57. The molecule has 1 rings (SSSR count). The van der Waals surface area contributed by atoms with E-state index in [2.05, 4.69) is 4.90 Å². The maximum atomic E-state index is 11.5. The van der Waals surface area contributed by atoms with E-state index in [1.807, 2.05) is 20.8 Å². The van der Waals surface area contributed by atoms with Gasteiger partial charge in [0.05, 0.1) is 0 Å². The summed E-state index contributed by atoms with van der Waals surface area (Å²) in [5.41, 5.74) is -0.394. The first-order valence-corrected chi connectivity index (χ1v) is 6.33. The Hall–Kier alpha value is -0.900. The van der Waals surface area contributed by atoms with Gasteiger partial charge in [-0.05, 0) is 33.7 Å². The summed E-state index contributed by atoms with van der Waals surface area (Å²) < 4.78 is 5.23. The molecule has 0 spiro atoms. The fourth-order valence-electron chi connectivity index (χ4n) is 1.87. The molecule has 0 atom stereocenters. The van der Waals surface area contributed by atoms with E-state index in [0.717, 1.165) is 26.1 Å². The monoisotopic (exact) mass is 241 g/mol. The van der Waals surface area contributed by atoms with Crippen LogP contribution >= 0.6 is 0 Å². The molecular weight excluding hydrogens is 218 g/mol. The summed E-state index contributed by atoms with van der Waals surface area (Å²) in [6.07, 6.45) is 2.59. The zero-order chi connectivity index (χ0) is 12.9. The van der Waals surface area contributed by atoms with Gasteiger partial charge in [0, 0.05) is 32.4 Å². The van der Waals surface area contributed by atoms with Crippen LogP contribution in [0, 0.1) is 0 Å². The number of ether oxygens (including phenoxy) is 1. The van der Waals surface area contributed by atoms with Gasteiger partial charge in [-0.1, -0.05) is 0 Å². The van der Waals surface area contributed by atoms with Gasteiger partial charge in [-0.15, -0.1) is 0 Å². The van der Waals surface area contributed by atoms with Crippen molar-refractivity contribution >= 4 is 11.8 Å². The number of piperidine rings is 1. The van der Waals surface area contributed by atoms with Gasteiger partial charge >= 0.3 is 5.97 Å². The van der Waals surface area contributed by atoms with Gasteiger partial charge in [0.1, 0.15) is 11.4 Å². The minimum absolute atomic E-state index is 0.134. The molecule has 1 aliphatic heterocycles. The van der Waals surface area contributed by atoms with Crippen molar-refractivity contribution in [3.05, 3.63) is 0 Å². The van der Waals surface area contributed by atoms with Crippen LogP contribution in [-0.2, 0) is 14.3 Å². The molecule has 4 nitrogen and oxygen atoms in total. The van der Waals surface area contributed by atoms with Crippen LogP contribution in [0.2, 0.25) is 0 Å². The highest BCUT2D eigenvalue weighted by Crippen LogP contribution is 2.10. The molecule has 0 amide bonds. The Morgan fingerprint density at radius 3 is 2.41 bits per heavy atom. The second-order valence-corrected chi connectivity index (χ2v) is 5.57. The largest absolute Gasteiger partial charge is 0.460 e. The van der Waals surface area contributed by atoms with Crippen molar-refractivity contribution in [1.82, 2.24) is 4.90 Å². The number of ketones is 1. The lowest BCUT2D eigenvalue weighted by atomic mass is 10.1. The number of carbonyl (C=O) groups is 2. The van der Waals surface area contributed by atoms with Crippen molar-refractivity contribution in [2.24, 2.45) is 0 Å². The van der Waals surface area contributed by atoms with Crippen molar-refractivity contribution in [2.75, 3.05) is 19.6 Å². The zero-order valence-electron chi connectivity index (χ0n) is 11.1. The van der Waals surface area contributed by atoms with E-state index in [-0.39, 0.29) is 5.97 Å². The molecule has 1 saturated heterocycles. The molecule has 0 unspecified atom stereocenters. The summed E-state index contributed by atoms with van der Waals surface area (Å²) in [4.78, 5) is 24.7. The fourth-order valence-corrected chi connectivity index (χ4v) is 1.87. The van der Waals surface area contributed by atoms with Gasteiger partial charge in [-0.3, -0.25) is 9.59 Å². The molecule has 0 bridgehead atoms. The number of rotatable bonds is 4. The molecular formula is C13H23NO3. The smallest absolute Gasteiger partial charge is 0.306 e. The van der Waals surface area contributed by atoms with E-state index in [4.69, 9.17) is 4.74 Å². The minimum atomic E-state index is -0.394. The molecule has 0 aromatic rings. The quantitative estimate of drug-likeness (QED) is 0.704. The molecule has 0 aromatic carbocycles. The summed E-state index contributed by atoms with van der Waals surface area (Å²) in [5, 5.41) is 0. The molecule has 1 fully saturated rings. The summed E-state index contributed by atoms with van der Waals surface area (Å²) in [7, 11) is 0. The van der Waals surface area contributed by atoms with Crippen molar-refractivity contribution in [2.45, 2.75) is 52.1 Å². The van der Waals surface area contributed by atoms with Crippen molar-refractivity contribution in [3.8, 4) is 0 Å². The second kappa shape index (κ2) is 6.15. The third-order valence-corrected chi connectivity index (χ3v) is 2.69. The Morgan fingerprint density at radius 1 is 1.29 bits per heavy atom. The van der Waals surface area contributed by atoms with Gasteiger partial charge in [0.25, 0.3) is 0 Å². The van der Waals surface area contributed by atoms with Gasteiger partial charge in [-0.2, -0.15) is 0 Å². The summed E-state index contributed by atoms with van der Waals surface area (Å²) >= 11 is 0. The number of likely N-dealkylation sites (tertiary alicyclic amines) is 1. The average molecular weight is 241 g/mol. The molecule has 0 aliphatic carbocycles. The van der Waals surface area contributed by atoms with E-state index in [1.165, 1.54) is 0 Å². The molecule has 0 radical (unpaired) electrons. The summed E-state index contributed by atoms with van der Waals surface area (Å²) in [6.45, 7) is 8.19. The third kappa shape index (κ3) is 6.41. The number of hydrogen-bond acceptors (Lipinski definition) is 4. The maximum absolute atomic E-state index is 11.5. The Bertz CT molecular complexity index is 271. The van der Waals surface area contributed by atoms with Crippen LogP contribution in [-0.4, -0.2) is 41.9 Å².